The van der Waals surface area contributed by atoms with Crippen LogP contribution in [0.25, 0.3) is 20.9 Å². The minimum Gasteiger partial charge on any atom is -0.463 e. The third-order valence-electron chi connectivity index (χ3n) is 20.8. The highest BCUT2D eigenvalue weighted by Gasteiger charge is 2.60. The van der Waals surface area contributed by atoms with Crippen molar-refractivity contribution in [2.75, 3.05) is 26.4 Å². The Kier molecular flexibility index (Phi) is 31.6. The molecule has 0 spiro atoms. The molecule has 0 bridgehead atoms. The number of esters is 3. The molecule has 0 N–H and O–H groups in total. The van der Waals surface area contributed by atoms with E-state index in [1.54, 1.807) is 6.92 Å². The molecule has 4 saturated heterocycles. The van der Waals surface area contributed by atoms with E-state index in [1.165, 1.54) is 20.8 Å². The molecule has 4 fully saturated rings. The van der Waals surface area contributed by atoms with Crippen LogP contribution in [0.3, 0.4) is 0 Å². The van der Waals surface area contributed by atoms with Crippen LogP contribution in [-0.2, 0) is 102 Å². The van der Waals surface area contributed by atoms with Gasteiger partial charge in [-0.1, -0.05) is 270 Å². The molecule has 4 aliphatic heterocycles. The molecule has 4 heterocycles. The van der Waals surface area contributed by atoms with Gasteiger partial charge in [-0.25, -0.2) is 0 Å². The number of benzene rings is 6. The Balaban J connectivity index is 1.10. The molecule has 33 heteroatoms. The molecule has 8 unspecified atom stereocenters. The number of rotatable bonds is 33. The summed E-state index contributed by atoms with van der Waals surface area (Å²) in [5, 5.41) is 11.5. The van der Waals surface area contributed by atoms with Gasteiger partial charge >= 0.3 is 17.9 Å². The van der Waals surface area contributed by atoms with Gasteiger partial charge in [0.05, 0.1) is 50.8 Å². The largest absolute Gasteiger partial charge is 0.463 e. The predicted octanol–water partition coefficient (Wildman–Crippen LogP) is 11.2. The zero-order valence-electron chi connectivity index (χ0n) is 65.3. The molecule has 25 nitrogen and oxygen atoms in total. The van der Waals surface area contributed by atoms with Crippen LogP contribution in [0, 0.1) is 17.8 Å². The van der Waals surface area contributed by atoms with Crippen LogP contribution in [0.5, 0.6) is 0 Å². The van der Waals surface area contributed by atoms with Crippen molar-refractivity contribution in [3.05, 3.63) is 214 Å². The molecule has 6 aromatic rings. The number of carbonyl (C=O) groups excluding carboxylic acids is 3. The molecule has 588 valence electrons. The van der Waals surface area contributed by atoms with E-state index in [1.807, 2.05) is 172 Å². The fraction of sp³-hybridized carbons (Fsp3) is 0.506. The average Bonchev–Trinajstić information content (AvgIpc) is 0.750. The highest BCUT2D eigenvalue weighted by Crippen LogP contribution is 2.47. The summed E-state index contributed by atoms with van der Waals surface area (Å²) < 4.78 is 110. The quantitative estimate of drug-likeness (QED) is 0.00703. The van der Waals surface area contributed by atoms with E-state index in [0.717, 1.165) is 31.9 Å². The van der Waals surface area contributed by atoms with Crippen LogP contribution in [0.4, 0.5) is 0 Å². The third kappa shape index (κ3) is 21.3. The predicted molar refractivity (Wildman–Crippen MR) is 431 cm³/mol. The smallest absolute Gasteiger partial charge is 0.304 e. The Morgan fingerprint density at radius 2 is 0.723 bits per heavy atom. The highest BCUT2D eigenvalue weighted by atomic mass is 31.1. The van der Waals surface area contributed by atoms with Gasteiger partial charge in [-0.15, -0.1) is 0 Å². The van der Waals surface area contributed by atoms with Crippen LogP contribution < -0.4 is 20.7 Å². The van der Waals surface area contributed by atoms with Crippen molar-refractivity contribution in [3.8, 4) is 0 Å². The van der Waals surface area contributed by atoms with Crippen molar-refractivity contribution in [2.45, 2.75) is 211 Å². The molecular formula is C79H98B4N6O19P2Si2. The van der Waals surface area contributed by atoms with E-state index < -0.39 is 196 Å². The Morgan fingerprint density at radius 1 is 0.411 bits per heavy atom. The lowest BCUT2D eigenvalue weighted by Gasteiger charge is -2.52. The van der Waals surface area contributed by atoms with Gasteiger partial charge in [0.25, 0.3) is 16.6 Å². The van der Waals surface area contributed by atoms with Crippen molar-refractivity contribution in [1.82, 2.24) is 0 Å². The second-order valence-electron chi connectivity index (χ2n) is 30.5. The van der Waals surface area contributed by atoms with Crippen LogP contribution >= 0.6 is 15.8 Å². The van der Waals surface area contributed by atoms with Crippen LogP contribution in [0.15, 0.2) is 192 Å². The summed E-state index contributed by atoms with van der Waals surface area (Å²) in [5.74, 6) is -4.32. The summed E-state index contributed by atoms with van der Waals surface area (Å²) >= 11 is 0. The molecule has 0 aromatic heterocycles. The summed E-state index contributed by atoms with van der Waals surface area (Å²) in [7, 11) is 14.7. The van der Waals surface area contributed by atoms with E-state index >= 15 is 0 Å². The first-order valence-electron chi connectivity index (χ1n) is 37.4. The summed E-state index contributed by atoms with van der Waals surface area (Å²) in [6.07, 6.45) is -19.4. The van der Waals surface area contributed by atoms with E-state index in [-0.39, 0.29) is 26.4 Å². The van der Waals surface area contributed by atoms with Gasteiger partial charge in [-0.3, -0.25) is 14.4 Å². The van der Waals surface area contributed by atoms with Gasteiger partial charge in [0, 0.05) is 48.3 Å². The second kappa shape index (κ2) is 40.3. The van der Waals surface area contributed by atoms with E-state index in [9.17, 15) is 25.4 Å². The number of carbonyl (C=O) groups is 3. The molecular weight excluding hydrogens is 1500 g/mol. The van der Waals surface area contributed by atoms with Crippen LogP contribution in [0.2, 0.25) is 10.1 Å². The number of hydrogen-bond acceptors (Lipinski definition) is 21. The van der Waals surface area contributed by atoms with Crippen molar-refractivity contribution in [3.63, 3.8) is 0 Å². The lowest BCUT2D eigenvalue weighted by atomic mass is 9.88. The van der Waals surface area contributed by atoms with E-state index in [2.05, 4.69) is 85.9 Å². The maximum absolute atomic E-state index is 13.3. The van der Waals surface area contributed by atoms with Gasteiger partial charge in [-0.05, 0) is 53.0 Å². The maximum atomic E-state index is 13.3. The highest BCUT2D eigenvalue weighted by molar-refractivity contribution is 7.98. The van der Waals surface area contributed by atoms with Gasteiger partial charge in [0.2, 0.25) is 6.29 Å². The molecule has 112 heavy (non-hydrogen) atoms. The summed E-state index contributed by atoms with van der Waals surface area (Å²) in [4.78, 5) is 45.6. The number of azide groups is 2. The summed E-state index contributed by atoms with van der Waals surface area (Å²) in [6, 6.07) is 55.9. The number of nitrogens with zero attached hydrogens (tertiary/aromatic N) is 6. The zero-order chi connectivity index (χ0) is 80.5. The lowest BCUT2D eigenvalue weighted by Crippen LogP contribution is -2.69. The first-order valence-corrected chi connectivity index (χ1v) is 44.0. The minimum atomic E-state index is -3.56. The molecule has 6 aromatic carbocycles. The molecule has 4 aliphatic rings. The Hall–Kier alpha value is -6.62. The standard InChI is InChI=1S/C79H98B4N6O19P2Si2/c1-49-61(47-97-111(78(7,8)9,57-35-23-15-24-36-57)58-37-25-16-26-38-58)100-76(65(86-88-84)67(49)107-109(80)81)105-71-63(46-94-53(5)91)102-75(51(3)69(71)96-44-56-33-21-14-22-34-56)104-72-64(48-98-112(79(10,11)12,59-39-27-17-28-40-59)60-41-29-18-30-42-60)103-77(66(87-89-85)73(72)108-110(82)83)106-70-62(45-93-52(4)90)101-74(99-54(6)92)50(2)68(70)95-43-55-31-19-13-20-32-55/h13-42,49-51,61-77H,43-48H2,1-12H3/t49-,50?,51?,61?,62?,63?,64?,65?,66?,67+,68-,69+,70-,71-,72-,73-,74-,75+,76-,77-/m1/s1. The first-order chi connectivity index (χ1) is 53.6. The fourth-order valence-corrected chi connectivity index (χ4v) is 25.8. The second-order valence-corrected chi connectivity index (χ2v) is 41.0. The molecule has 10 rings (SSSR count). The Labute approximate surface area is 666 Å². The lowest BCUT2D eigenvalue weighted by molar-refractivity contribution is -0.367. The Morgan fingerprint density at radius 3 is 1.09 bits per heavy atom. The average molecular weight is 1600 g/mol. The summed E-state index contributed by atoms with van der Waals surface area (Å²) in [5.41, 5.74) is 22.9. The SMILES string of the molecule is [B]P([B])O[C@@H]1C(N=[N+]=[N-])[C@@H](O[C@@H]2C(COC(C)=O)O[C@@H](O[C@@H]3C(CO[Si](c4ccccc4)(c4ccccc4)C(C)(C)C)O[C@H](O[C@@H]4C(COC(C)=O)O[C@@H](OC(C)=O)C(C)[C@H]4OCc4ccccc4)C(N=[N+]=[N-])[C@H]3OP([B])[B])C(C)[C@@H]2OCc2ccccc2)OC(CO[Si](c2ccccc2)(c2ccccc2)C(C)(C)C)[C@H]1C. The molecule has 20 atom stereocenters. The molecule has 0 aliphatic carbocycles. The van der Waals surface area contributed by atoms with Gasteiger partial charge in [0.1, 0.15) is 98.3 Å². The van der Waals surface area contributed by atoms with Crippen LogP contribution in [0.1, 0.15) is 94.2 Å². The monoisotopic (exact) mass is 1600 g/mol. The van der Waals surface area contributed by atoms with Crippen molar-refractivity contribution in [2.24, 2.45) is 28.0 Å². The van der Waals surface area contributed by atoms with E-state index in [4.69, 9.17) is 105 Å². The van der Waals surface area contributed by atoms with Gasteiger partial charge in [0.15, 0.2) is 18.9 Å². The third-order valence-corrected chi connectivity index (χ3v) is 31.8. The first kappa shape index (κ1) is 87.8. The van der Waals surface area contributed by atoms with Gasteiger partial charge < -0.3 is 74.7 Å². The zero-order valence-corrected chi connectivity index (χ0v) is 69.0. The Bertz CT molecular complexity index is 3990. The van der Waals surface area contributed by atoms with Crippen LogP contribution in [-0.4, -0.2) is 196 Å². The van der Waals surface area contributed by atoms with Crippen molar-refractivity contribution < 1.29 is 89.1 Å². The number of hydrogen-bond donors (Lipinski definition) is 0. The number of ether oxygens (including phenoxy) is 12. The summed E-state index contributed by atoms with van der Waals surface area (Å²) in [6.45, 7) is 20.7. The van der Waals surface area contributed by atoms with E-state index in [0.29, 0.717) is 0 Å². The normalized spacial score (nSPS) is 28.4. The van der Waals surface area contributed by atoms with Crippen molar-refractivity contribution in [1.29, 1.82) is 0 Å². The van der Waals surface area contributed by atoms with Gasteiger partial charge in [-0.2, -0.15) is 0 Å². The molecule has 0 saturated carbocycles. The fourth-order valence-electron chi connectivity index (χ4n) is 15.5. The topological polar surface area (TPSA) is 296 Å². The molecule has 0 amide bonds. The molecule has 8 radical (unpaired) electrons. The van der Waals surface area contributed by atoms with Crippen molar-refractivity contribution >= 4 is 101 Å². The maximum Gasteiger partial charge on any atom is 0.304 e. The minimum absolute atomic E-state index is 0.0196.